The standard InChI is InChI=1S/C36H39ClFN3O5S/c1-3-5-23-39-36(43)34(24-27-11-7-6-8-12-27)40(25-28-13-9-10-14-33(28)37)35(42)26-41(30-17-15-29(38)16-18-30)47(44,45)32-21-19-31(20-22-32)46-4-2/h6-22,34H,3-5,23-26H2,1-2H3,(H,39,43)/t34-/m0/s1. The molecule has 0 spiro atoms. The van der Waals surface area contributed by atoms with Crippen molar-refractivity contribution < 1.29 is 27.1 Å². The van der Waals surface area contributed by atoms with Crippen molar-refractivity contribution in [3.8, 4) is 5.75 Å². The van der Waals surface area contributed by atoms with Crippen molar-refractivity contribution >= 4 is 39.1 Å². The van der Waals surface area contributed by atoms with Gasteiger partial charge in [-0.15, -0.1) is 0 Å². The van der Waals surface area contributed by atoms with E-state index < -0.39 is 34.3 Å². The second kappa shape index (κ2) is 16.9. The summed E-state index contributed by atoms with van der Waals surface area (Å²) in [6.07, 6.45) is 1.79. The third-order valence-electron chi connectivity index (χ3n) is 7.52. The van der Waals surface area contributed by atoms with Crippen molar-refractivity contribution in [1.82, 2.24) is 10.2 Å². The van der Waals surface area contributed by atoms with Crippen LogP contribution in [0.5, 0.6) is 5.75 Å². The largest absolute Gasteiger partial charge is 0.494 e. The summed E-state index contributed by atoms with van der Waals surface area (Å²) < 4.78 is 48.7. The second-order valence-electron chi connectivity index (χ2n) is 10.9. The van der Waals surface area contributed by atoms with Crippen molar-refractivity contribution in [3.05, 3.63) is 125 Å². The third-order valence-corrected chi connectivity index (χ3v) is 9.67. The SMILES string of the molecule is CCCCNC(=O)[C@H](Cc1ccccc1)N(Cc1ccccc1Cl)C(=O)CN(c1ccc(F)cc1)S(=O)(=O)c1ccc(OCC)cc1. The molecule has 2 amide bonds. The molecule has 0 saturated carbocycles. The molecule has 0 aliphatic carbocycles. The van der Waals surface area contributed by atoms with Gasteiger partial charge in [-0.05, 0) is 79.1 Å². The van der Waals surface area contributed by atoms with Crippen molar-refractivity contribution in [2.45, 2.75) is 50.6 Å². The molecule has 0 heterocycles. The average Bonchev–Trinajstić information content (AvgIpc) is 3.07. The van der Waals surface area contributed by atoms with Gasteiger partial charge in [0.1, 0.15) is 24.2 Å². The summed E-state index contributed by atoms with van der Waals surface area (Å²) in [5.41, 5.74) is 1.49. The molecule has 11 heteroatoms. The number of carbonyl (C=O) groups is 2. The highest BCUT2D eigenvalue weighted by molar-refractivity contribution is 7.92. The van der Waals surface area contributed by atoms with Gasteiger partial charge in [0.25, 0.3) is 10.0 Å². The van der Waals surface area contributed by atoms with E-state index in [1.165, 1.54) is 41.3 Å². The number of hydrogen-bond donors (Lipinski definition) is 1. The van der Waals surface area contributed by atoms with Crippen LogP contribution in [0.15, 0.2) is 108 Å². The van der Waals surface area contributed by atoms with Crippen LogP contribution < -0.4 is 14.4 Å². The minimum absolute atomic E-state index is 0.0580. The fourth-order valence-electron chi connectivity index (χ4n) is 5.01. The Labute approximate surface area is 281 Å². The molecule has 1 N–H and O–H groups in total. The number of nitrogens with zero attached hydrogens (tertiary/aromatic N) is 2. The van der Waals surface area contributed by atoms with Gasteiger partial charge >= 0.3 is 0 Å². The number of amides is 2. The normalized spacial score (nSPS) is 11.8. The number of anilines is 1. The van der Waals surface area contributed by atoms with Gasteiger partial charge in [0, 0.05) is 24.5 Å². The fourth-order valence-corrected chi connectivity index (χ4v) is 6.62. The minimum Gasteiger partial charge on any atom is -0.494 e. The van der Waals surface area contributed by atoms with Crippen molar-refractivity contribution in [2.24, 2.45) is 0 Å². The summed E-state index contributed by atoms with van der Waals surface area (Å²) in [6, 6.07) is 26.0. The maximum atomic E-state index is 14.5. The first-order valence-electron chi connectivity index (χ1n) is 15.5. The van der Waals surface area contributed by atoms with E-state index in [2.05, 4.69) is 5.32 Å². The summed E-state index contributed by atoms with van der Waals surface area (Å²) >= 11 is 6.53. The van der Waals surface area contributed by atoms with Crippen LogP contribution in [0.2, 0.25) is 5.02 Å². The fraction of sp³-hybridized carbons (Fsp3) is 0.278. The molecule has 248 valence electrons. The first-order chi connectivity index (χ1) is 22.6. The zero-order valence-corrected chi connectivity index (χ0v) is 28.0. The van der Waals surface area contributed by atoms with Gasteiger partial charge in [0.2, 0.25) is 11.8 Å². The lowest BCUT2D eigenvalue weighted by atomic mass is 10.0. The van der Waals surface area contributed by atoms with Gasteiger partial charge in [-0.2, -0.15) is 0 Å². The summed E-state index contributed by atoms with van der Waals surface area (Å²) in [5, 5.41) is 3.35. The van der Waals surface area contributed by atoms with Gasteiger partial charge in [-0.25, -0.2) is 12.8 Å². The van der Waals surface area contributed by atoms with E-state index in [1.807, 2.05) is 44.2 Å². The number of carbonyl (C=O) groups excluding carboxylic acids is 2. The van der Waals surface area contributed by atoms with Crippen molar-refractivity contribution in [1.29, 1.82) is 0 Å². The molecule has 0 saturated heterocycles. The number of nitrogens with one attached hydrogen (secondary N) is 1. The highest BCUT2D eigenvalue weighted by Gasteiger charge is 2.35. The van der Waals surface area contributed by atoms with Crippen LogP contribution in [0.25, 0.3) is 0 Å². The van der Waals surface area contributed by atoms with Crippen molar-refractivity contribution in [3.63, 3.8) is 0 Å². The zero-order chi connectivity index (χ0) is 33.8. The van der Waals surface area contributed by atoms with E-state index in [9.17, 15) is 22.4 Å². The lowest BCUT2D eigenvalue weighted by Crippen LogP contribution is -2.53. The molecule has 8 nitrogen and oxygen atoms in total. The number of rotatable bonds is 16. The molecular weight excluding hydrogens is 641 g/mol. The number of benzene rings is 4. The molecule has 47 heavy (non-hydrogen) atoms. The quantitative estimate of drug-likeness (QED) is 0.134. The molecule has 4 aromatic rings. The van der Waals surface area contributed by atoms with Gasteiger partial charge in [0.05, 0.1) is 17.2 Å². The lowest BCUT2D eigenvalue weighted by Gasteiger charge is -2.34. The molecule has 4 rings (SSSR count). The van der Waals surface area contributed by atoms with E-state index in [1.54, 1.807) is 24.3 Å². The minimum atomic E-state index is -4.35. The molecule has 4 aromatic carbocycles. The summed E-state index contributed by atoms with van der Waals surface area (Å²) in [4.78, 5) is 29.6. The van der Waals surface area contributed by atoms with Crippen LogP contribution >= 0.6 is 11.6 Å². The summed E-state index contributed by atoms with van der Waals surface area (Å²) in [7, 11) is -4.35. The topological polar surface area (TPSA) is 96.0 Å². The Bertz CT molecular complexity index is 1720. The molecule has 0 aliphatic heterocycles. The Hall–Kier alpha value is -4.41. The molecular formula is C36H39ClFN3O5S. The highest BCUT2D eigenvalue weighted by atomic mass is 35.5. The maximum absolute atomic E-state index is 14.5. The van der Waals surface area contributed by atoms with Crippen LogP contribution in [0.3, 0.4) is 0 Å². The number of sulfonamides is 1. The average molecular weight is 680 g/mol. The summed E-state index contributed by atoms with van der Waals surface area (Å²) in [6.45, 7) is 3.92. The van der Waals surface area contributed by atoms with Crippen LogP contribution in [-0.4, -0.2) is 50.9 Å². The molecule has 1 atom stereocenters. The van der Waals surface area contributed by atoms with E-state index in [0.29, 0.717) is 29.5 Å². The third kappa shape index (κ3) is 9.56. The number of halogens is 2. The van der Waals surface area contributed by atoms with Crippen molar-refractivity contribution in [2.75, 3.05) is 24.0 Å². The predicted octanol–water partition coefficient (Wildman–Crippen LogP) is 6.63. The molecule has 0 aromatic heterocycles. The van der Waals surface area contributed by atoms with E-state index >= 15 is 0 Å². The van der Waals surface area contributed by atoms with E-state index in [4.69, 9.17) is 16.3 Å². The van der Waals surface area contributed by atoms with Crippen LogP contribution in [-0.2, 0) is 32.6 Å². The Kier molecular flexibility index (Phi) is 12.8. The number of unbranched alkanes of at least 4 members (excludes halogenated alkanes) is 1. The number of ether oxygens (including phenoxy) is 1. The first-order valence-corrected chi connectivity index (χ1v) is 17.3. The zero-order valence-electron chi connectivity index (χ0n) is 26.4. The van der Waals surface area contributed by atoms with Crippen LogP contribution in [0, 0.1) is 5.82 Å². The van der Waals surface area contributed by atoms with Gasteiger partial charge in [-0.1, -0.05) is 73.5 Å². The second-order valence-corrected chi connectivity index (χ2v) is 13.1. The Morgan fingerprint density at radius 3 is 2.19 bits per heavy atom. The monoisotopic (exact) mass is 679 g/mol. The summed E-state index contributed by atoms with van der Waals surface area (Å²) in [5.74, 6) is -1.09. The lowest BCUT2D eigenvalue weighted by molar-refractivity contribution is -0.140. The van der Waals surface area contributed by atoms with E-state index in [0.717, 1.165) is 34.8 Å². The molecule has 0 bridgehead atoms. The van der Waals surface area contributed by atoms with Crippen LogP contribution in [0.1, 0.15) is 37.8 Å². The molecule has 0 fully saturated rings. The number of hydrogen-bond acceptors (Lipinski definition) is 5. The maximum Gasteiger partial charge on any atom is 0.264 e. The predicted molar refractivity (Wildman–Crippen MR) is 182 cm³/mol. The highest BCUT2D eigenvalue weighted by Crippen LogP contribution is 2.27. The van der Waals surface area contributed by atoms with Gasteiger partial charge in [-0.3, -0.25) is 13.9 Å². The van der Waals surface area contributed by atoms with E-state index in [-0.39, 0.29) is 29.5 Å². The smallest absolute Gasteiger partial charge is 0.264 e. The van der Waals surface area contributed by atoms with Crippen LogP contribution in [0.4, 0.5) is 10.1 Å². The molecule has 0 aliphatic rings. The Morgan fingerprint density at radius 1 is 0.894 bits per heavy atom. The van der Waals surface area contributed by atoms with Gasteiger partial charge in [0.15, 0.2) is 0 Å². The molecule has 0 unspecified atom stereocenters. The van der Waals surface area contributed by atoms with Gasteiger partial charge < -0.3 is 15.0 Å². The first kappa shape index (κ1) is 35.4. The Morgan fingerprint density at radius 2 is 1.55 bits per heavy atom. The molecule has 0 radical (unpaired) electrons. The Balaban J connectivity index is 1.78.